The zero-order chi connectivity index (χ0) is 17.2. The first-order valence-corrected chi connectivity index (χ1v) is 8.74. The van der Waals surface area contributed by atoms with Crippen LogP contribution in [0.15, 0.2) is 23.1 Å². The summed E-state index contributed by atoms with van der Waals surface area (Å²) in [6.45, 7) is 4.35. The van der Waals surface area contributed by atoms with Crippen LogP contribution in [0.1, 0.15) is 12.5 Å². The Morgan fingerprint density at radius 3 is 2.57 bits per heavy atom. The second-order valence-electron chi connectivity index (χ2n) is 5.44. The standard InChI is InChI=1S/C15H21NO6S/c1-4-22-12-5-6-13(10(2)7-12)23(19,20)16-8-11(9-16)14(21-3)15(17)18/h5-7,11,14H,4,8-9H2,1-3H3,(H,17,18). The van der Waals surface area contributed by atoms with Gasteiger partial charge in [-0.3, -0.25) is 0 Å². The van der Waals surface area contributed by atoms with E-state index < -0.39 is 22.1 Å². The van der Waals surface area contributed by atoms with Crippen molar-refractivity contribution in [2.45, 2.75) is 24.8 Å². The number of methoxy groups -OCH3 is 1. The van der Waals surface area contributed by atoms with Gasteiger partial charge in [-0.1, -0.05) is 0 Å². The molecule has 1 unspecified atom stereocenters. The molecule has 1 aromatic rings. The topological polar surface area (TPSA) is 93.1 Å². The Hall–Kier alpha value is -1.64. The van der Waals surface area contributed by atoms with Crippen LogP contribution >= 0.6 is 0 Å². The molecule has 0 amide bonds. The third-order valence-corrected chi connectivity index (χ3v) is 5.87. The Kier molecular flexibility index (Phi) is 5.28. The van der Waals surface area contributed by atoms with Gasteiger partial charge in [-0.05, 0) is 37.6 Å². The lowest BCUT2D eigenvalue weighted by atomic mass is 9.96. The number of hydrogen-bond acceptors (Lipinski definition) is 5. The molecule has 1 heterocycles. The summed E-state index contributed by atoms with van der Waals surface area (Å²) in [4.78, 5) is 11.2. The molecule has 8 heteroatoms. The van der Waals surface area contributed by atoms with Crippen LogP contribution in [0.2, 0.25) is 0 Å². The Balaban J connectivity index is 2.14. The Morgan fingerprint density at radius 2 is 2.09 bits per heavy atom. The molecule has 1 atom stereocenters. The van der Waals surface area contributed by atoms with Gasteiger partial charge in [0.2, 0.25) is 10.0 Å². The maximum Gasteiger partial charge on any atom is 0.333 e. The predicted octanol–water partition coefficient (Wildman–Crippen LogP) is 1.11. The van der Waals surface area contributed by atoms with Crippen LogP contribution in [0.4, 0.5) is 0 Å². The van der Waals surface area contributed by atoms with E-state index in [-0.39, 0.29) is 23.9 Å². The van der Waals surface area contributed by atoms with Crippen LogP contribution in [0.5, 0.6) is 5.75 Å². The number of nitrogens with zero attached hydrogens (tertiary/aromatic N) is 1. The molecule has 0 spiro atoms. The van der Waals surface area contributed by atoms with Crippen molar-refractivity contribution >= 4 is 16.0 Å². The number of aliphatic carboxylic acids is 1. The fourth-order valence-electron chi connectivity index (χ4n) is 2.66. The van der Waals surface area contributed by atoms with E-state index in [0.717, 1.165) is 0 Å². The largest absolute Gasteiger partial charge is 0.494 e. The average Bonchev–Trinajstić information content (AvgIpc) is 2.41. The second kappa shape index (κ2) is 6.86. The Bertz CT molecular complexity index is 681. The van der Waals surface area contributed by atoms with E-state index in [1.165, 1.54) is 17.5 Å². The van der Waals surface area contributed by atoms with Crippen LogP contribution in [-0.4, -0.2) is 56.7 Å². The van der Waals surface area contributed by atoms with Gasteiger partial charge in [0.15, 0.2) is 6.10 Å². The summed E-state index contributed by atoms with van der Waals surface area (Å²) >= 11 is 0. The summed E-state index contributed by atoms with van der Waals surface area (Å²) in [5.41, 5.74) is 0.598. The van der Waals surface area contributed by atoms with Gasteiger partial charge in [0.25, 0.3) is 0 Å². The summed E-state index contributed by atoms with van der Waals surface area (Å²) in [5.74, 6) is -0.794. The summed E-state index contributed by atoms with van der Waals surface area (Å²) < 4.78 is 36.8. The summed E-state index contributed by atoms with van der Waals surface area (Å²) in [7, 11) is -2.32. The summed E-state index contributed by atoms with van der Waals surface area (Å²) in [5, 5.41) is 9.03. The first-order chi connectivity index (χ1) is 10.8. The molecule has 7 nitrogen and oxygen atoms in total. The van der Waals surface area contributed by atoms with Crippen LogP contribution in [-0.2, 0) is 19.6 Å². The molecule has 0 saturated carbocycles. The lowest BCUT2D eigenvalue weighted by molar-refractivity contribution is -0.154. The van der Waals surface area contributed by atoms with Gasteiger partial charge in [-0.15, -0.1) is 0 Å². The minimum absolute atomic E-state index is 0.139. The SMILES string of the molecule is CCOc1ccc(S(=O)(=O)N2CC(C(OC)C(=O)O)C2)c(C)c1. The molecule has 0 bridgehead atoms. The molecule has 1 N–H and O–H groups in total. The number of carbonyl (C=O) groups is 1. The van der Waals surface area contributed by atoms with Crippen molar-refractivity contribution in [1.82, 2.24) is 4.31 Å². The quantitative estimate of drug-likeness (QED) is 0.797. The zero-order valence-electron chi connectivity index (χ0n) is 13.4. The molecule has 1 aliphatic heterocycles. The van der Waals surface area contributed by atoms with Crippen LogP contribution in [0.3, 0.4) is 0 Å². The van der Waals surface area contributed by atoms with Gasteiger partial charge < -0.3 is 14.6 Å². The molecule has 2 rings (SSSR count). The number of ether oxygens (including phenoxy) is 2. The van der Waals surface area contributed by atoms with E-state index in [1.807, 2.05) is 6.92 Å². The monoisotopic (exact) mass is 343 g/mol. The van der Waals surface area contributed by atoms with E-state index in [1.54, 1.807) is 19.1 Å². The van der Waals surface area contributed by atoms with Crippen molar-refractivity contribution in [2.75, 3.05) is 26.8 Å². The molecule has 0 aliphatic carbocycles. The summed E-state index contributed by atoms with van der Waals surface area (Å²) in [6, 6.07) is 4.83. The Morgan fingerprint density at radius 1 is 1.43 bits per heavy atom. The molecular formula is C15H21NO6S. The minimum Gasteiger partial charge on any atom is -0.494 e. The summed E-state index contributed by atoms with van der Waals surface area (Å²) in [6.07, 6.45) is -0.983. The van der Waals surface area contributed by atoms with E-state index in [0.29, 0.717) is 17.9 Å². The maximum absolute atomic E-state index is 12.6. The van der Waals surface area contributed by atoms with Gasteiger partial charge in [0.1, 0.15) is 5.75 Å². The highest BCUT2D eigenvalue weighted by Gasteiger charge is 2.43. The third-order valence-electron chi connectivity index (χ3n) is 3.88. The van der Waals surface area contributed by atoms with Gasteiger partial charge >= 0.3 is 5.97 Å². The van der Waals surface area contributed by atoms with Gasteiger partial charge in [-0.2, -0.15) is 4.31 Å². The van der Waals surface area contributed by atoms with Crippen LogP contribution < -0.4 is 4.74 Å². The number of rotatable bonds is 7. The first kappa shape index (κ1) is 17.7. The number of carboxylic acids is 1. The highest BCUT2D eigenvalue weighted by atomic mass is 32.2. The number of hydrogen-bond donors (Lipinski definition) is 1. The lowest BCUT2D eigenvalue weighted by Gasteiger charge is -2.40. The lowest BCUT2D eigenvalue weighted by Crippen LogP contribution is -2.56. The highest BCUT2D eigenvalue weighted by molar-refractivity contribution is 7.89. The van der Waals surface area contributed by atoms with Crippen molar-refractivity contribution < 1.29 is 27.8 Å². The van der Waals surface area contributed by atoms with Gasteiger partial charge in [0.05, 0.1) is 11.5 Å². The van der Waals surface area contributed by atoms with E-state index in [2.05, 4.69) is 0 Å². The fourth-order valence-corrected chi connectivity index (χ4v) is 4.42. The molecule has 1 aromatic carbocycles. The van der Waals surface area contributed by atoms with Gasteiger partial charge in [-0.25, -0.2) is 13.2 Å². The predicted molar refractivity (Wildman–Crippen MR) is 83.0 cm³/mol. The van der Waals surface area contributed by atoms with E-state index in [4.69, 9.17) is 14.6 Å². The molecule has 0 aromatic heterocycles. The second-order valence-corrected chi connectivity index (χ2v) is 7.34. The van der Waals surface area contributed by atoms with E-state index >= 15 is 0 Å². The molecular weight excluding hydrogens is 322 g/mol. The van der Waals surface area contributed by atoms with Crippen molar-refractivity contribution in [3.05, 3.63) is 23.8 Å². The molecule has 1 aliphatic rings. The third kappa shape index (κ3) is 3.49. The zero-order valence-corrected chi connectivity index (χ0v) is 14.2. The molecule has 0 radical (unpaired) electrons. The normalized spacial score (nSPS) is 17.5. The average molecular weight is 343 g/mol. The van der Waals surface area contributed by atoms with E-state index in [9.17, 15) is 13.2 Å². The number of aryl methyl sites for hydroxylation is 1. The number of carboxylic acid groups (broad SMARTS) is 1. The maximum atomic E-state index is 12.6. The first-order valence-electron chi connectivity index (χ1n) is 7.30. The van der Waals surface area contributed by atoms with Crippen molar-refractivity contribution in [3.8, 4) is 5.75 Å². The highest BCUT2D eigenvalue weighted by Crippen LogP contribution is 2.31. The van der Waals surface area contributed by atoms with Crippen LogP contribution in [0, 0.1) is 12.8 Å². The number of sulfonamides is 1. The molecule has 128 valence electrons. The van der Waals surface area contributed by atoms with Crippen molar-refractivity contribution in [1.29, 1.82) is 0 Å². The molecule has 23 heavy (non-hydrogen) atoms. The van der Waals surface area contributed by atoms with Crippen molar-refractivity contribution in [2.24, 2.45) is 5.92 Å². The minimum atomic E-state index is -3.64. The number of benzene rings is 1. The smallest absolute Gasteiger partial charge is 0.333 e. The Labute approximate surface area is 135 Å². The van der Waals surface area contributed by atoms with Gasteiger partial charge in [0, 0.05) is 26.1 Å². The fraction of sp³-hybridized carbons (Fsp3) is 0.533. The van der Waals surface area contributed by atoms with Crippen LogP contribution in [0.25, 0.3) is 0 Å². The molecule has 1 fully saturated rings. The molecule has 1 saturated heterocycles. The van der Waals surface area contributed by atoms with Crippen molar-refractivity contribution in [3.63, 3.8) is 0 Å².